The average Bonchev–Trinajstić information content (AvgIpc) is 3.77. The highest BCUT2D eigenvalue weighted by molar-refractivity contribution is 6.07. The fourth-order valence-corrected chi connectivity index (χ4v) is 7.16. The molecule has 0 saturated carbocycles. The van der Waals surface area contributed by atoms with Gasteiger partial charge in [-0.25, -0.2) is 13.8 Å². The topological polar surface area (TPSA) is 149 Å². The molecule has 0 spiro atoms. The van der Waals surface area contributed by atoms with Gasteiger partial charge in [0, 0.05) is 46.5 Å². The van der Waals surface area contributed by atoms with Gasteiger partial charge in [0.1, 0.15) is 28.7 Å². The van der Waals surface area contributed by atoms with E-state index in [-0.39, 0.29) is 52.0 Å². The number of carbonyl (C=O) groups excluding carboxylic acids is 2. The van der Waals surface area contributed by atoms with Crippen molar-refractivity contribution in [2.75, 3.05) is 30.7 Å². The first-order chi connectivity index (χ1) is 24.7. The van der Waals surface area contributed by atoms with Gasteiger partial charge in [-0.15, -0.1) is 0 Å². The molecule has 3 aliphatic heterocycles. The molecule has 1 unspecified atom stereocenters. The molecule has 2 amide bonds. The lowest BCUT2D eigenvalue weighted by Gasteiger charge is -2.34. The summed E-state index contributed by atoms with van der Waals surface area (Å²) >= 11 is 0. The van der Waals surface area contributed by atoms with Crippen molar-refractivity contribution in [1.29, 1.82) is 0 Å². The second kappa shape index (κ2) is 12.9. The number of benzene rings is 2. The monoisotopic (exact) mass is 692 g/mol. The number of piperidine rings is 1. The largest absolute Gasteiger partial charge is 0.383 e. The Labute approximate surface area is 290 Å². The van der Waals surface area contributed by atoms with Crippen LogP contribution in [0.3, 0.4) is 0 Å². The fraction of sp³-hybridized carbons (Fsp3) is 0.270. The first-order valence-corrected chi connectivity index (χ1v) is 16.8. The number of amides is 2. The third kappa shape index (κ3) is 5.85. The van der Waals surface area contributed by atoms with Crippen molar-refractivity contribution in [1.82, 2.24) is 29.5 Å². The number of anilines is 2. The number of pyridine rings is 2. The molecule has 14 heteroatoms. The lowest BCUT2D eigenvalue weighted by Crippen LogP contribution is -2.49. The summed E-state index contributed by atoms with van der Waals surface area (Å²) < 4.78 is 38.9. The Bertz CT molecular complexity index is 2250. The third-order valence-electron chi connectivity index (χ3n) is 9.82. The molecule has 2 saturated heterocycles. The van der Waals surface area contributed by atoms with Gasteiger partial charge >= 0.3 is 0 Å². The van der Waals surface area contributed by atoms with Gasteiger partial charge in [0.05, 0.1) is 37.0 Å². The highest BCUT2D eigenvalue weighted by Gasteiger charge is 2.43. The summed E-state index contributed by atoms with van der Waals surface area (Å²) in [6.45, 7) is 4.21. The Hall–Kier alpha value is -5.73. The smallest absolute Gasteiger partial charge is 0.273 e. The molecule has 4 N–H and O–H groups in total. The second-order valence-corrected chi connectivity index (χ2v) is 13.1. The zero-order chi connectivity index (χ0) is 35.4. The zero-order valence-electron chi connectivity index (χ0n) is 27.6. The maximum Gasteiger partial charge on any atom is 0.273 e. The first-order valence-electron chi connectivity index (χ1n) is 16.8. The molecule has 0 radical (unpaired) electrons. The van der Waals surface area contributed by atoms with Crippen molar-refractivity contribution in [3.05, 3.63) is 106 Å². The van der Waals surface area contributed by atoms with E-state index in [0.29, 0.717) is 18.2 Å². The van der Waals surface area contributed by atoms with Gasteiger partial charge in [-0.3, -0.25) is 19.1 Å². The predicted octanol–water partition coefficient (Wildman–Crippen LogP) is 4.68. The number of fused-ring (bicyclic) bond motifs is 2. The van der Waals surface area contributed by atoms with Crippen LogP contribution in [0.25, 0.3) is 33.4 Å². The van der Waals surface area contributed by atoms with Crippen molar-refractivity contribution in [3.8, 4) is 33.4 Å². The SMILES string of the molecule is C[C@@H]1COC2Cn3cc(C(=O)Nc4ccc(-c5cc(-c6cnn(C7CCNCC7)c6)cnc5N)c(F)c4)c(=O)c(-c4ccc(F)cc4)c3C(=O)N21. The molecule has 3 aromatic heterocycles. The molecule has 2 fully saturated rings. The van der Waals surface area contributed by atoms with Gasteiger partial charge in [0.15, 0.2) is 6.23 Å². The van der Waals surface area contributed by atoms with Crippen molar-refractivity contribution in [2.45, 2.75) is 44.6 Å². The zero-order valence-corrected chi connectivity index (χ0v) is 27.6. The maximum absolute atomic E-state index is 15.8. The van der Waals surface area contributed by atoms with Crippen LogP contribution in [0.4, 0.5) is 20.3 Å². The van der Waals surface area contributed by atoms with Gasteiger partial charge in [0.25, 0.3) is 11.8 Å². The van der Waals surface area contributed by atoms with Crippen molar-refractivity contribution >= 4 is 23.3 Å². The van der Waals surface area contributed by atoms with Crippen molar-refractivity contribution < 1.29 is 23.1 Å². The van der Waals surface area contributed by atoms with Crippen LogP contribution in [-0.2, 0) is 11.3 Å². The number of nitrogens with zero attached hydrogens (tertiary/aromatic N) is 5. The van der Waals surface area contributed by atoms with E-state index in [9.17, 15) is 18.8 Å². The minimum absolute atomic E-state index is 0.0316. The molecule has 8 rings (SSSR count). The molecule has 6 heterocycles. The van der Waals surface area contributed by atoms with E-state index in [1.165, 1.54) is 47.2 Å². The van der Waals surface area contributed by atoms with Crippen LogP contribution in [0, 0.1) is 11.6 Å². The number of hydrogen-bond acceptors (Lipinski definition) is 8. The van der Waals surface area contributed by atoms with Crippen LogP contribution in [0.5, 0.6) is 0 Å². The van der Waals surface area contributed by atoms with E-state index in [1.807, 2.05) is 17.8 Å². The van der Waals surface area contributed by atoms with Crippen LogP contribution in [-0.4, -0.2) is 68.0 Å². The lowest BCUT2D eigenvalue weighted by atomic mass is 9.98. The lowest BCUT2D eigenvalue weighted by molar-refractivity contribution is 0.00689. The Morgan fingerprint density at radius 1 is 0.980 bits per heavy atom. The van der Waals surface area contributed by atoms with E-state index in [1.54, 1.807) is 23.4 Å². The molecule has 2 atom stereocenters. The van der Waals surface area contributed by atoms with Crippen molar-refractivity contribution in [3.63, 3.8) is 0 Å². The first kappa shape index (κ1) is 32.5. The second-order valence-electron chi connectivity index (χ2n) is 13.1. The highest BCUT2D eigenvalue weighted by Crippen LogP contribution is 2.34. The van der Waals surface area contributed by atoms with Gasteiger partial charge in [-0.1, -0.05) is 12.1 Å². The van der Waals surface area contributed by atoms with E-state index in [4.69, 9.17) is 10.5 Å². The summed E-state index contributed by atoms with van der Waals surface area (Å²) in [5.74, 6) is -2.30. The number of rotatable bonds is 6. The van der Waals surface area contributed by atoms with Crippen LogP contribution >= 0.6 is 0 Å². The van der Waals surface area contributed by atoms with E-state index in [0.717, 1.165) is 43.1 Å². The van der Waals surface area contributed by atoms with Gasteiger partial charge in [0.2, 0.25) is 5.43 Å². The Kier molecular flexibility index (Phi) is 8.19. The molecule has 3 aliphatic rings. The van der Waals surface area contributed by atoms with E-state index < -0.39 is 35.1 Å². The number of nitrogens with one attached hydrogen (secondary N) is 2. The standard InChI is InChI=1S/C37H34F2N8O4/c1-20-19-51-31-18-45-17-29(34(48)32(33(45)37(50)47(20)31)21-2-4-24(38)5-3-21)36(49)44-25-6-7-27(30(39)13-25)28-12-22(14-42-35(28)40)23-15-43-46(16-23)26-8-10-41-11-9-26/h2-7,12-17,20,26,31,41H,8-11,18-19H2,1H3,(H2,40,42)(H,44,49)/t20-,31?/m1/s1. The Balaban J connectivity index is 1.09. The number of carbonyl (C=O) groups is 2. The summed E-state index contributed by atoms with van der Waals surface area (Å²) in [6, 6.07) is 11.1. The maximum atomic E-state index is 15.8. The average molecular weight is 693 g/mol. The van der Waals surface area contributed by atoms with E-state index >= 15 is 4.39 Å². The molecule has 51 heavy (non-hydrogen) atoms. The van der Waals surface area contributed by atoms with Gasteiger partial charge in [-0.2, -0.15) is 5.10 Å². The third-order valence-corrected chi connectivity index (χ3v) is 9.82. The quantitative estimate of drug-likeness (QED) is 0.232. The highest BCUT2D eigenvalue weighted by atomic mass is 19.1. The Morgan fingerprint density at radius 3 is 2.53 bits per heavy atom. The summed E-state index contributed by atoms with van der Waals surface area (Å²) in [5, 5.41) is 10.5. The number of halogens is 2. The molecule has 0 bridgehead atoms. The minimum Gasteiger partial charge on any atom is -0.383 e. The molecular formula is C37H34F2N8O4. The van der Waals surface area contributed by atoms with Crippen LogP contribution in [0.2, 0.25) is 0 Å². The van der Waals surface area contributed by atoms with Crippen LogP contribution < -0.4 is 21.8 Å². The number of nitrogens with two attached hydrogens (primary N) is 1. The molecule has 12 nitrogen and oxygen atoms in total. The predicted molar refractivity (Wildman–Crippen MR) is 186 cm³/mol. The molecule has 0 aliphatic carbocycles. The van der Waals surface area contributed by atoms with Crippen molar-refractivity contribution in [2.24, 2.45) is 0 Å². The normalized spacial score (nSPS) is 18.8. The van der Waals surface area contributed by atoms with Gasteiger partial charge < -0.3 is 30.6 Å². The molecule has 5 aromatic rings. The van der Waals surface area contributed by atoms with Crippen LogP contribution in [0.1, 0.15) is 46.7 Å². The van der Waals surface area contributed by atoms with Gasteiger partial charge in [-0.05, 0) is 74.8 Å². The summed E-state index contributed by atoms with van der Waals surface area (Å²) in [5.41, 5.74) is 7.72. The van der Waals surface area contributed by atoms with Crippen LogP contribution in [0.15, 0.2) is 78.1 Å². The fourth-order valence-electron chi connectivity index (χ4n) is 7.16. The minimum atomic E-state index is -0.810. The molecular weight excluding hydrogens is 658 g/mol. The number of hydrogen-bond donors (Lipinski definition) is 3. The summed E-state index contributed by atoms with van der Waals surface area (Å²) in [7, 11) is 0. The van der Waals surface area contributed by atoms with E-state index in [2.05, 4.69) is 20.7 Å². The summed E-state index contributed by atoms with van der Waals surface area (Å²) in [4.78, 5) is 47.3. The molecule has 260 valence electrons. The number of ether oxygens (including phenoxy) is 1. The number of aromatic nitrogens is 4. The number of nitrogen functional groups attached to an aromatic ring is 1. The summed E-state index contributed by atoms with van der Waals surface area (Å²) in [6.07, 6.45) is 8.03. The molecule has 2 aromatic carbocycles. The Morgan fingerprint density at radius 2 is 1.76 bits per heavy atom.